The van der Waals surface area contributed by atoms with E-state index in [1.165, 1.54) is 0 Å². The van der Waals surface area contributed by atoms with Gasteiger partial charge in [-0.05, 0) is 50.3 Å². The maximum absolute atomic E-state index is 17.2. The number of aryl methyl sites for hydroxylation is 1. The largest absolute Gasteiger partial charge is 0.461 e. The van der Waals surface area contributed by atoms with Crippen LogP contribution in [-0.2, 0) is 17.6 Å². The summed E-state index contributed by atoms with van der Waals surface area (Å²) in [5, 5.41) is 8.83. The second-order valence-electron chi connectivity index (χ2n) is 14.1. The highest BCUT2D eigenvalue weighted by Gasteiger charge is 2.51. The zero-order chi connectivity index (χ0) is 32.2. The van der Waals surface area contributed by atoms with Crippen LogP contribution in [0.5, 0.6) is 6.01 Å². The average molecular weight is 675 g/mol. The van der Waals surface area contributed by atoms with Gasteiger partial charge in [0, 0.05) is 61.1 Å². The molecule has 4 saturated heterocycles. The Bertz CT molecular complexity index is 2100. The first-order valence-electron chi connectivity index (χ1n) is 16.8. The first kappa shape index (κ1) is 29.0. The van der Waals surface area contributed by atoms with E-state index in [0.717, 1.165) is 38.6 Å². The summed E-state index contributed by atoms with van der Waals surface area (Å²) in [6.45, 7) is 2.74. The van der Waals surface area contributed by atoms with E-state index in [1.54, 1.807) is 24.7 Å². The number of pyridine rings is 1. The van der Waals surface area contributed by atoms with Crippen LogP contribution < -0.4 is 9.64 Å². The van der Waals surface area contributed by atoms with Gasteiger partial charge in [-0.3, -0.25) is 15.0 Å². The highest BCUT2D eigenvalue weighted by Crippen LogP contribution is 2.49. The first-order chi connectivity index (χ1) is 23.4. The molecule has 4 fully saturated rings. The van der Waals surface area contributed by atoms with E-state index in [1.807, 2.05) is 0 Å². The number of H-pyrrole nitrogens is 1. The van der Waals surface area contributed by atoms with Gasteiger partial charge >= 0.3 is 6.01 Å². The second-order valence-corrected chi connectivity index (χ2v) is 14.5. The van der Waals surface area contributed by atoms with Gasteiger partial charge in [0.25, 0.3) is 0 Å². The number of halogens is 3. The van der Waals surface area contributed by atoms with Gasteiger partial charge in [-0.15, -0.1) is 0 Å². The van der Waals surface area contributed by atoms with Gasteiger partial charge in [-0.1, -0.05) is 11.6 Å². The summed E-state index contributed by atoms with van der Waals surface area (Å²) < 4.78 is 50.8. The van der Waals surface area contributed by atoms with Crippen LogP contribution in [0.25, 0.3) is 33.1 Å². The molecule has 1 N–H and O–H groups in total. The third kappa shape index (κ3) is 4.39. The number of ether oxygens (including phenoxy) is 2. The van der Waals surface area contributed by atoms with E-state index in [4.69, 9.17) is 40.4 Å². The molecule has 48 heavy (non-hydrogen) atoms. The topological polar surface area (TPSA) is 118 Å². The lowest BCUT2D eigenvalue weighted by atomic mass is 9.81. The molecule has 1 unspecified atom stereocenters. The van der Waals surface area contributed by atoms with Gasteiger partial charge in [0.1, 0.15) is 41.7 Å². The van der Waals surface area contributed by atoms with E-state index in [-0.39, 0.29) is 29.9 Å². The molecule has 9 bridgehead atoms. The van der Waals surface area contributed by atoms with Crippen molar-refractivity contribution in [1.29, 1.82) is 0 Å². The van der Waals surface area contributed by atoms with Gasteiger partial charge in [0.15, 0.2) is 5.82 Å². The highest BCUT2D eigenvalue weighted by molar-refractivity contribution is 6.33. The predicted molar refractivity (Wildman–Crippen MR) is 172 cm³/mol. The summed E-state index contributed by atoms with van der Waals surface area (Å²) >= 11 is 6.89. The molecule has 1 aromatic carbocycles. The molecule has 7 aliphatic rings. The minimum atomic E-state index is -0.894. The number of hydrogen-bond donors (Lipinski definition) is 1. The second kappa shape index (κ2) is 10.5. The van der Waals surface area contributed by atoms with Crippen LogP contribution in [0.3, 0.4) is 0 Å². The Kier molecular flexibility index (Phi) is 6.36. The Morgan fingerprint density at radius 1 is 1.06 bits per heavy atom. The first-order valence-corrected chi connectivity index (χ1v) is 17.2. The van der Waals surface area contributed by atoms with Gasteiger partial charge in [-0.2, -0.15) is 15.1 Å². The third-order valence-electron chi connectivity index (χ3n) is 11.2. The molecular weight excluding hydrogens is 642 g/mol. The molecule has 14 heteroatoms. The molecule has 12 rings (SSSR count). The lowest BCUT2D eigenvalue weighted by Crippen LogP contribution is -2.57. The van der Waals surface area contributed by atoms with Gasteiger partial charge in [0.2, 0.25) is 5.89 Å². The number of aromatic nitrogens is 6. The smallest absolute Gasteiger partial charge is 0.319 e. The van der Waals surface area contributed by atoms with Crippen LogP contribution in [0.1, 0.15) is 61.8 Å². The van der Waals surface area contributed by atoms with E-state index in [9.17, 15) is 4.39 Å². The Morgan fingerprint density at radius 3 is 2.88 bits per heavy atom. The molecule has 0 saturated carbocycles. The predicted octanol–water partition coefficient (Wildman–Crippen LogP) is 5.90. The normalized spacial score (nSPS) is 28.2. The molecule has 248 valence electrons. The van der Waals surface area contributed by atoms with Crippen molar-refractivity contribution in [3.05, 3.63) is 52.7 Å². The number of aromatic amines is 1. The molecule has 4 aromatic heterocycles. The molecule has 0 amide bonds. The number of benzene rings is 1. The molecule has 0 aliphatic carbocycles. The Balaban J connectivity index is 1.15. The number of alkyl halides is 1. The summed E-state index contributed by atoms with van der Waals surface area (Å²) in [7, 11) is 0. The van der Waals surface area contributed by atoms with Crippen molar-refractivity contribution in [2.24, 2.45) is 0 Å². The van der Waals surface area contributed by atoms with Crippen LogP contribution in [0.4, 0.5) is 14.6 Å². The number of piperidine rings is 1. The van der Waals surface area contributed by atoms with Gasteiger partial charge < -0.3 is 18.8 Å². The fraction of sp³-hybridized carbons (Fsp3) is 0.500. The maximum Gasteiger partial charge on any atom is 0.319 e. The van der Waals surface area contributed by atoms with Crippen LogP contribution in [0, 0.1) is 5.82 Å². The monoisotopic (exact) mass is 674 g/mol. The highest BCUT2D eigenvalue weighted by atomic mass is 35.5. The average Bonchev–Trinajstić information content (AvgIpc) is 3.86. The summed E-state index contributed by atoms with van der Waals surface area (Å²) in [5.41, 5.74) is 1.33. The summed E-state index contributed by atoms with van der Waals surface area (Å²) in [5.74, 6) is 1.20. The SMILES string of the molecule is Fc1c2ncc3c(nc(OC[C@@]45CCCN4C[C@H](F)C5)nc13)N1CCCC3(C[C@@H](O3)c3ncc(o3)CCc3c(Cl)cc4[nH]ncc4c3-2)C1. The van der Waals surface area contributed by atoms with Crippen LogP contribution in [0.15, 0.2) is 29.1 Å². The Hall–Kier alpha value is -3.94. The van der Waals surface area contributed by atoms with E-state index < -0.39 is 23.1 Å². The number of fused-ring (bicyclic) bond motifs is 2. The molecule has 1 spiro atoms. The third-order valence-corrected chi connectivity index (χ3v) is 11.5. The number of oxazole rings is 1. The standard InChI is InChI=1S/C34H33ClF2N8O3/c35-23-9-24-21(14-40-43-24)26-20(23)4-3-19-12-39-31(47-19)25-11-34(48-25)6-2-7-44(16-34)30-22-13-38-29(26)27(37)28(22)41-32(42-30)46-17-33-5-1-8-45(33)15-18(36)10-33/h9,12-14,18,25H,1-8,10-11,15-17H2,(H,40,43)/t18-,25-,33+,34?/m1/s1. The Labute approximate surface area is 279 Å². The number of nitrogens with one attached hydrogen (secondary N) is 1. The molecule has 5 aromatic rings. The fourth-order valence-corrected chi connectivity index (χ4v) is 9.21. The number of nitrogens with zero attached hydrogens (tertiary/aromatic N) is 7. The van der Waals surface area contributed by atoms with Crippen molar-refractivity contribution in [2.45, 2.75) is 74.8 Å². The number of anilines is 1. The number of rotatable bonds is 3. The molecule has 7 aliphatic heterocycles. The van der Waals surface area contributed by atoms with Crippen LogP contribution in [-0.4, -0.2) is 85.1 Å². The molecule has 11 heterocycles. The van der Waals surface area contributed by atoms with Crippen molar-refractivity contribution in [3.8, 4) is 17.3 Å². The minimum absolute atomic E-state index is 0.0637. The molecule has 0 radical (unpaired) electrons. The number of hydrogen-bond acceptors (Lipinski definition) is 10. The van der Waals surface area contributed by atoms with E-state index in [0.29, 0.717) is 88.8 Å². The lowest BCUT2D eigenvalue weighted by molar-refractivity contribution is -0.220. The Morgan fingerprint density at radius 2 is 1.96 bits per heavy atom. The minimum Gasteiger partial charge on any atom is -0.461 e. The van der Waals surface area contributed by atoms with Gasteiger partial charge in [-0.25, -0.2) is 13.8 Å². The maximum atomic E-state index is 17.2. The van der Waals surface area contributed by atoms with E-state index in [2.05, 4.69) is 25.0 Å². The zero-order valence-corrected chi connectivity index (χ0v) is 26.9. The zero-order valence-electron chi connectivity index (χ0n) is 26.1. The lowest BCUT2D eigenvalue weighted by Gasteiger charge is -2.52. The van der Waals surface area contributed by atoms with Crippen molar-refractivity contribution in [3.63, 3.8) is 0 Å². The van der Waals surface area contributed by atoms with Crippen molar-refractivity contribution >= 4 is 39.2 Å². The van der Waals surface area contributed by atoms with Crippen molar-refractivity contribution in [2.75, 3.05) is 37.7 Å². The molecule has 11 nitrogen and oxygen atoms in total. The quantitative estimate of drug-likeness (QED) is 0.248. The summed E-state index contributed by atoms with van der Waals surface area (Å²) in [6.07, 6.45) is 9.59. The summed E-state index contributed by atoms with van der Waals surface area (Å²) in [4.78, 5) is 23.2. The van der Waals surface area contributed by atoms with E-state index >= 15 is 4.39 Å². The van der Waals surface area contributed by atoms with Gasteiger partial charge in [0.05, 0.1) is 34.4 Å². The van der Waals surface area contributed by atoms with Crippen molar-refractivity contribution < 1.29 is 22.7 Å². The van der Waals surface area contributed by atoms with Crippen molar-refractivity contribution in [1.82, 2.24) is 35.0 Å². The fourth-order valence-electron chi connectivity index (χ4n) is 8.91. The van der Waals surface area contributed by atoms with Crippen LogP contribution in [0.2, 0.25) is 5.02 Å². The van der Waals surface area contributed by atoms with Crippen LogP contribution >= 0.6 is 11.6 Å². The summed E-state index contributed by atoms with van der Waals surface area (Å²) in [6, 6.07) is 1.86. The molecular formula is C34H33ClF2N8O3. The molecule has 4 atom stereocenters.